The average molecular weight is 711 g/mol. The summed E-state index contributed by atoms with van der Waals surface area (Å²) in [5.41, 5.74) is 2.02. The SMILES string of the molecule is O=C(O)C[C@H](NC(=O)[C@H](CC(=O)O)NC(=O)[C@H](Cc1ccccc1)NC(=O)[C@H](Cc1ccccc1)NC(=O)Cc1ccc2ccccc2c1)C(=O)O. The van der Waals surface area contributed by atoms with Gasteiger partial charge in [0.05, 0.1) is 19.3 Å². The van der Waals surface area contributed by atoms with E-state index in [0.29, 0.717) is 16.7 Å². The van der Waals surface area contributed by atoms with Crippen LogP contribution in [0.2, 0.25) is 0 Å². The highest BCUT2D eigenvalue weighted by Crippen LogP contribution is 2.16. The van der Waals surface area contributed by atoms with E-state index in [-0.39, 0.29) is 19.3 Å². The molecule has 0 unspecified atom stereocenters. The van der Waals surface area contributed by atoms with Gasteiger partial charge >= 0.3 is 17.9 Å². The number of rotatable bonds is 18. The maximum atomic E-state index is 13.9. The second kappa shape index (κ2) is 18.4. The smallest absolute Gasteiger partial charge is 0.326 e. The highest BCUT2D eigenvalue weighted by molar-refractivity contribution is 5.97. The summed E-state index contributed by atoms with van der Waals surface area (Å²) >= 11 is 0. The molecule has 0 aromatic heterocycles. The van der Waals surface area contributed by atoms with E-state index >= 15 is 0 Å². The van der Waals surface area contributed by atoms with E-state index in [4.69, 9.17) is 5.11 Å². The Balaban J connectivity index is 1.57. The molecule has 0 bridgehead atoms. The van der Waals surface area contributed by atoms with Crippen molar-refractivity contribution in [2.45, 2.75) is 56.3 Å². The molecule has 0 heterocycles. The summed E-state index contributed by atoms with van der Waals surface area (Å²) in [6, 6.07) is 24.3. The molecule has 0 aliphatic rings. The first kappa shape index (κ1) is 38.2. The minimum Gasteiger partial charge on any atom is -0.481 e. The van der Waals surface area contributed by atoms with E-state index in [1.165, 1.54) is 0 Å². The van der Waals surface area contributed by atoms with Gasteiger partial charge in [0.25, 0.3) is 0 Å². The first-order valence-electron chi connectivity index (χ1n) is 16.3. The first-order chi connectivity index (χ1) is 24.9. The molecular weight excluding hydrogens is 672 g/mol. The predicted octanol–water partition coefficient (Wildman–Crippen LogP) is 1.84. The number of hydrogen-bond donors (Lipinski definition) is 7. The quantitative estimate of drug-likeness (QED) is 0.0793. The number of fused-ring (bicyclic) bond motifs is 1. The Bertz CT molecular complexity index is 1920. The van der Waals surface area contributed by atoms with Gasteiger partial charge in [-0.05, 0) is 27.5 Å². The van der Waals surface area contributed by atoms with Crippen LogP contribution in [0, 0.1) is 0 Å². The number of carbonyl (C=O) groups excluding carboxylic acids is 4. The molecule has 0 spiro atoms. The van der Waals surface area contributed by atoms with E-state index in [1.807, 2.05) is 47.8 Å². The molecule has 0 aliphatic heterocycles. The van der Waals surface area contributed by atoms with Gasteiger partial charge in [-0.2, -0.15) is 0 Å². The summed E-state index contributed by atoms with van der Waals surface area (Å²) in [5, 5.41) is 39.4. The molecule has 0 aliphatic carbocycles. The minimum absolute atomic E-state index is 0.0392. The molecule has 7 N–H and O–H groups in total. The van der Waals surface area contributed by atoms with Crippen LogP contribution in [0.25, 0.3) is 10.8 Å². The van der Waals surface area contributed by atoms with E-state index in [0.717, 1.165) is 10.8 Å². The molecular formula is C38H38N4O10. The summed E-state index contributed by atoms with van der Waals surface area (Å²) in [4.78, 5) is 88.3. The van der Waals surface area contributed by atoms with Gasteiger partial charge < -0.3 is 36.6 Å². The Morgan fingerprint density at radius 2 is 0.904 bits per heavy atom. The topological polar surface area (TPSA) is 228 Å². The summed E-state index contributed by atoms with van der Waals surface area (Å²) in [5.74, 6) is -8.17. The molecule has 4 aromatic rings. The Kier molecular flexibility index (Phi) is 13.6. The number of hydrogen-bond acceptors (Lipinski definition) is 7. The molecule has 4 aromatic carbocycles. The van der Waals surface area contributed by atoms with Gasteiger partial charge in [0.1, 0.15) is 24.2 Å². The third kappa shape index (κ3) is 11.8. The van der Waals surface area contributed by atoms with Crippen molar-refractivity contribution >= 4 is 52.3 Å². The second-order valence-electron chi connectivity index (χ2n) is 12.1. The van der Waals surface area contributed by atoms with Gasteiger partial charge in [-0.25, -0.2) is 4.79 Å². The normalized spacial score (nSPS) is 13.1. The maximum Gasteiger partial charge on any atom is 0.326 e. The summed E-state index contributed by atoms with van der Waals surface area (Å²) in [7, 11) is 0. The van der Waals surface area contributed by atoms with Crippen LogP contribution in [0.3, 0.4) is 0 Å². The number of benzene rings is 4. The summed E-state index contributed by atoms with van der Waals surface area (Å²) in [6.07, 6.45) is -2.08. The average Bonchev–Trinajstić information content (AvgIpc) is 3.10. The number of carboxylic acid groups (broad SMARTS) is 3. The van der Waals surface area contributed by atoms with Gasteiger partial charge in [-0.1, -0.05) is 103 Å². The molecule has 0 saturated carbocycles. The number of carboxylic acids is 3. The van der Waals surface area contributed by atoms with E-state index in [2.05, 4.69) is 16.0 Å². The van der Waals surface area contributed by atoms with Gasteiger partial charge in [0.2, 0.25) is 23.6 Å². The first-order valence-corrected chi connectivity index (χ1v) is 16.3. The van der Waals surface area contributed by atoms with Crippen molar-refractivity contribution < 1.29 is 48.9 Å². The highest BCUT2D eigenvalue weighted by Gasteiger charge is 2.33. The zero-order chi connectivity index (χ0) is 37.6. The van der Waals surface area contributed by atoms with Gasteiger partial charge in [0.15, 0.2) is 0 Å². The van der Waals surface area contributed by atoms with Crippen molar-refractivity contribution in [2.75, 3.05) is 0 Å². The lowest BCUT2D eigenvalue weighted by Crippen LogP contribution is -2.59. The molecule has 0 radical (unpaired) electrons. The second-order valence-corrected chi connectivity index (χ2v) is 12.1. The minimum atomic E-state index is -1.91. The van der Waals surface area contributed by atoms with Crippen molar-refractivity contribution in [1.82, 2.24) is 21.3 Å². The van der Waals surface area contributed by atoms with Crippen LogP contribution in [0.5, 0.6) is 0 Å². The van der Waals surface area contributed by atoms with Crippen LogP contribution >= 0.6 is 0 Å². The fraction of sp³-hybridized carbons (Fsp3) is 0.237. The zero-order valence-electron chi connectivity index (χ0n) is 27.9. The molecule has 14 nitrogen and oxygen atoms in total. The standard InChI is InChI=1S/C38H38N4O10/c43-32(20-25-15-16-26-13-7-8-14-27(26)17-25)39-28(18-23-9-3-1-4-10-23)35(48)40-29(19-24-11-5-2-6-12-24)36(49)41-30(21-33(44)45)37(50)42-31(38(51)52)22-34(46)47/h1-17,28-31H,18-22H2,(H,39,43)(H,40,48)(H,41,49)(H,42,50)(H,44,45)(H,46,47)(H,51,52)/t28-,29-,30-,31-/m0/s1. The van der Waals surface area contributed by atoms with Gasteiger partial charge in [-0.3, -0.25) is 28.8 Å². The molecule has 0 saturated heterocycles. The Hall–Kier alpha value is -6.57. The van der Waals surface area contributed by atoms with E-state index in [9.17, 15) is 43.8 Å². The molecule has 52 heavy (non-hydrogen) atoms. The lowest BCUT2D eigenvalue weighted by molar-refractivity contribution is -0.148. The van der Waals surface area contributed by atoms with Crippen LogP contribution in [-0.4, -0.2) is 81.0 Å². The van der Waals surface area contributed by atoms with Crippen LogP contribution in [0.1, 0.15) is 29.5 Å². The Labute approximate surface area is 298 Å². The van der Waals surface area contributed by atoms with Crippen LogP contribution in [0.4, 0.5) is 0 Å². The molecule has 4 amide bonds. The van der Waals surface area contributed by atoms with Crippen molar-refractivity contribution in [3.63, 3.8) is 0 Å². The molecule has 14 heteroatoms. The monoisotopic (exact) mass is 710 g/mol. The third-order valence-corrected chi connectivity index (χ3v) is 8.03. The molecule has 4 atom stereocenters. The Morgan fingerprint density at radius 3 is 1.44 bits per heavy atom. The van der Waals surface area contributed by atoms with Crippen molar-refractivity contribution in [2.24, 2.45) is 0 Å². The highest BCUT2D eigenvalue weighted by atomic mass is 16.4. The fourth-order valence-electron chi connectivity index (χ4n) is 5.47. The molecule has 4 rings (SSSR count). The number of nitrogens with one attached hydrogen (secondary N) is 4. The summed E-state index contributed by atoms with van der Waals surface area (Å²) < 4.78 is 0. The number of carbonyl (C=O) groups is 7. The molecule has 270 valence electrons. The number of aliphatic carboxylic acids is 3. The Morgan fingerprint density at radius 1 is 0.462 bits per heavy atom. The summed E-state index contributed by atoms with van der Waals surface area (Å²) in [6.45, 7) is 0. The van der Waals surface area contributed by atoms with Crippen molar-refractivity contribution in [3.05, 3.63) is 120 Å². The van der Waals surface area contributed by atoms with Gasteiger partial charge in [-0.15, -0.1) is 0 Å². The van der Waals surface area contributed by atoms with Crippen LogP contribution < -0.4 is 21.3 Å². The lowest BCUT2D eigenvalue weighted by Gasteiger charge is -2.26. The van der Waals surface area contributed by atoms with E-state index < -0.39 is 78.5 Å². The zero-order valence-corrected chi connectivity index (χ0v) is 27.9. The largest absolute Gasteiger partial charge is 0.481 e. The van der Waals surface area contributed by atoms with Crippen LogP contribution in [0.15, 0.2) is 103 Å². The fourth-order valence-corrected chi connectivity index (χ4v) is 5.47. The number of amides is 4. The maximum absolute atomic E-state index is 13.9. The van der Waals surface area contributed by atoms with Crippen molar-refractivity contribution in [3.8, 4) is 0 Å². The lowest BCUT2D eigenvalue weighted by atomic mass is 10.0. The van der Waals surface area contributed by atoms with Crippen molar-refractivity contribution in [1.29, 1.82) is 0 Å². The van der Waals surface area contributed by atoms with E-state index in [1.54, 1.807) is 60.7 Å². The third-order valence-electron chi connectivity index (χ3n) is 8.03. The predicted molar refractivity (Wildman–Crippen MR) is 188 cm³/mol. The van der Waals surface area contributed by atoms with Gasteiger partial charge in [0, 0.05) is 12.8 Å². The van der Waals surface area contributed by atoms with Crippen LogP contribution in [-0.2, 0) is 52.8 Å². The molecule has 0 fully saturated rings.